The third kappa shape index (κ3) is 7.23. The van der Waals surface area contributed by atoms with E-state index in [1.54, 1.807) is 82.6 Å². The van der Waals surface area contributed by atoms with Gasteiger partial charge in [0, 0.05) is 48.1 Å². The van der Waals surface area contributed by atoms with E-state index in [1.165, 1.54) is 0 Å². The summed E-state index contributed by atoms with van der Waals surface area (Å²) in [6.07, 6.45) is 2.67. The minimum atomic E-state index is -0.352. The zero-order chi connectivity index (χ0) is 39.7. The van der Waals surface area contributed by atoms with Crippen molar-refractivity contribution in [3.63, 3.8) is 0 Å². The number of esters is 2. The van der Waals surface area contributed by atoms with Gasteiger partial charge in [0.1, 0.15) is 24.3 Å². The van der Waals surface area contributed by atoms with Gasteiger partial charge in [0.15, 0.2) is 0 Å². The Kier molecular flexibility index (Phi) is 11.2. The minimum absolute atomic E-state index is 0.000616. The van der Waals surface area contributed by atoms with Crippen LogP contribution in [0.1, 0.15) is 75.1 Å². The van der Waals surface area contributed by atoms with Gasteiger partial charge in [-0.2, -0.15) is 10.5 Å². The van der Waals surface area contributed by atoms with Crippen LogP contribution in [0.2, 0.25) is 10.0 Å². The molecule has 4 aromatic carbocycles. The maximum atomic E-state index is 13.0. The third-order valence-corrected chi connectivity index (χ3v) is 12.5. The molecule has 10 nitrogen and oxygen atoms in total. The molecule has 284 valence electrons. The number of fused-ring (bicyclic) bond motifs is 2. The van der Waals surface area contributed by atoms with Crippen molar-refractivity contribution in [2.75, 3.05) is 16.3 Å². The molecule has 0 aromatic heterocycles. The number of nitriles is 2. The van der Waals surface area contributed by atoms with Gasteiger partial charge in [-0.05, 0) is 99.2 Å². The molecule has 2 aliphatic heterocycles. The highest BCUT2D eigenvalue weighted by molar-refractivity contribution is 6.33. The Morgan fingerprint density at radius 3 is 1.73 bits per heavy atom. The largest absolute Gasteiger partial charge is 0.458 e. The van der Waals surface area contributed by atoms with Crippen molar-refractivity contribution in [1.82, 2.24) is 0 Å². The van der Waals surface area contributed by atoms with E-state index in [1.807, 2.05) is 26.0 Å². The molecular weight excluding hydrogens is 751 g/mol. The van der Waals surface area contributed by atoms with Crippen LogP contribution in [0.4, 0.5) is 11.4 Å². The maximum Gasteiger partial charge on any atom is 0.338 e. The van der Waals surface area contributed by atoms with E-state index >= 15 is 0 Å². The van der Waals surface area contributed by atoms with Gasteiger partial charge >= 0.3 is 11.9 Å². The molecule has 2 saturated heterocycles. The number of rotatable bonds is 6. The molecule has 2 heterocycles. The van der Waals surface area contributed by atoms with Crippen LogP contribution < -0.4 is 9.80 Å². The first kappa shape index (κ1) is 38.6. The molecule has 56 heavy (non-hydrogen) atoms. The van der Waals surface area contributed by atoms with E-state index < -0.39 is 0 Å². The summed E-state index contributed by atoms with van der Waals surface area (Å²) in [6, 6.07) is 28.7. The van der Waals surface area contributed by atoms with Crippen molar-refractivity contribution in [2.45, 2.75) is 64.2 Å². The summed E-state index contributed by atoms with van der Waals surface area (Å²) in [4.78, 5) is 54.1. The normalized spacial score (nSPS) is 23.4. The first-order valence-electron chi connectivity index (χ1n) is 18.6. The second kappa shape index (κ2) is 16.2. The smallest absolute Gasteiger partial charge is 0.338 e. The van der Waals surface area contributed by atoms with Gasteiger partial charge < -0.3 is 19.3 Å². The number of hydrogen-bond donors (Lipinski definition) is 0. The number of carbonyl (C=O) groups excluding carboxylic acids is 4. The lowest BCUT2D eigenvalue weighted by molar-refractivity contribution is -0.121. The predicted octanol–water partition coefficient (Wildman–Crippen LogP) is 8.38. The standard InChI is InChI=1S/2C22H19ClN2O3/c1-13-18(9-7-15(11-24)20(13)23)25-12-17-16(21(25)26)8-10-19(17)28-22(27)14-5-3-2-4-6-14;1-13-17(8-7-15(12-24)21(13)23)25-18-9-10-19(16(18)11-20(25)26)28-22(27)14-5-3-2-4-6-14/h2-7,9,16-17,19H,8,10,12H2,1H3;2-8,16,18-19H,9-11H2,1H3. The van der Waals surface area contributed by atoms with Crippen molar-refractivity contribution < 1.29 is 28.7 Å². The average molecular weight is 790 g/mol. The Morgan fingerprint density at radius 2 is 1.18 bits per heavy atom. The van der Waals surface area contributed by atoms with E-state index in [-0.39, 0.29) is 59.8 Å². The van der Waals surface area contributed by atoms with Crippen LogP contribution in [0, 0.1) is 54.3 Å². The molecule has 2 saturated carbocycles. The summed E-state index contributed by atoms with van der Waals surface area (Å²) in [6.45, 7) is 4.12. The van der Waals surface area contributed by atoms with E-state index in [9.17, 15) is 19.2 Å². The molecule has 2 amide bonds. The molecular formula is C44H38Cl2N4O6. The van der Waals surface area contributed by atoms with Gasteiger partial charge in [-0.15, -0.1) is 0 Å². The second-order valence-corrected chi connectivity index (χ2v) is 15.3. The number of benzene rings is 4. The molecule has 0 spiro atoms. The number of hydrogen-bond acceptors (Lipinski definition) is 8. The summed E-state index contributed by atoms with van der Waals surface area (Å²) in [7, 11) is 0. The first-order chi connectivity index (χ1) is 27.0. The molecule has 4 fully saturated rings. The lowest BCUT2D eigenvalue weighted by Crippen LogP contribution is -2.34. The van der Waals surface area contributed by atoms with Crippen LogP contribution in [0.25, 0.3) is 0 Å². The number of nitrogens with zero attached hydrogens (tertiary/aromatic N) is 4. The molecule has 0 bridgehead atoms. The van der Waals surface area contributed by atoms with Crippen molar-refractivity contribution in [1.29, 1.82) is 10.5 Å². The van der Waals surface area contributed by atoms with Gasteiger partial charge in [-0.3, -0.25) is 9.59 Å². The van der Waals surface area contributed by atoms with Crippen LogP contribution in [-0.2, 0) is 19.1 Å². The van der Waals surface area contributed by atoms with Gasteiger partial charge in [-0.1, -0.05) is 59.6 Å². The first-order valence-corrected chi connectivity index (χ1v) is 19.3. The topological polar surface area (TPSA) is 141 Å². The average Bonchev–Trinajstić information content (AvgIpc) is 3.97. The Morgan fingerprint density at radius 1 is 0.679 bits per heavy atom. The lowest BCUT2D eigenvalue weighted by Gasteiger charge is -2.26. The minimum Gasteiger partial charge on any atom is -0.458 e. The molecule has 0 N–H and O–H groups in total. The molecule has 4 aliphatic rings. The van der Waals surface area contributed by atoms with Gasteiger partial charge in [-0.25, -0.2) is 9.59 Å². The molecule has 6 atom stereocenters. The van der Waals surface area contributed by atoms with E-state index in [0.29, 0.717) is 63.7 Å². The Hall–Kier alpha value is -5.68. The monoisotopic (exact) mass is 788 g/mol. The summed E-state index contributed by atoms with van der Waals surface area (Å²) >= 11 is 12.6. The van der Waals surface area contributed by atoms with Crippen LogP contribution in [0.15, 0.2) is 84.9 Å². The number of amides is 2. The lowest BCUT2D eigenvalue weighted by atomic mass is 9.99. The summed E-state index contributed by atoms with van der Waals surface area (Å²) in [5.74, 6) is -0.888. The van der Waals surface area contributed by atoms with Crippen LogP contribution in [-0.4, -0.2) is 48.5 Å². The number of ether oxygens (including phenoxy) is 2. The summed E-state index contributed by atoms with van der Waals surface area (Å²) in [5, 5.41) is 19.0. The summed E-state index contributed by atoms with van der Waals surface area (Å²) < 4.78 is 11.5. The van der Waals surface area contributed by atoms with Crippen molar-refractivity contribution in [3.8, 4) is 12.1 Å². The highest BCUT2D eigenvalue weighted by Crippen LogP contribution is 2.46. The van der Waals surface area contributed by atoms with Crippen molar-refractivity contribution in [3.05, 3.63) is 128 Å². The molecule has 2 aliphatic carbocycles. The van der Waals surface area contributed by atoms with Crippen LogP contribution >= 0.6 is 23.2 Å². The fourth-order valence-corrected chi connectivity index (χ4v) is 9.03. The predicted molar refractivity (Wildman–Crippen MR) is 210 cm³/mol. The number of carbonyl (C=O) groups is 4. The Labute approximate surface area is 335 Å². The number of anilines is 2. The van der Waals surface area contributed by atoms with Gasteiger partial charge in [0.25, 0.3) is 0 Å². The molecule has 12 heteroatoms. The highest BCUT2D eigenvalue weighted by Gasteiger charge is 2.51. The molecule has 4 aromatic rings. The highest BCUT2D eigenvalue weighted by atomic mass is 35.5. The zero-order valence-electron chi connectivity index (χ0n) is 30.8. The molecule has 6 unspecified atom stereocenters. The quantitative estimate of drug-likeness (QED) is 0.178. The van der Waals surface area contributed by atoms with E-state index in [4.69, 9.17) is 43.2 Å². The van der Waals surface area contributed by atoms with Gasteiger partial charge in [0.05, 0.1) is 32.3 Å². The Bertz CT molecular complexity index is 2240. The van der Waals surface area contributed by atoms with Crippen molar-refractivity contribution in [2.24, 2.45) is 17.8 Å². The fraction of sp³-hybridized carbons (Fsp3) is 0.318. The van der Waals surface area contributed by atoms with Crippen molar-refractivity contribution >= 4 is 58.3 Å². The molecule has 0 radical (unpaired) electrons. The number of halogens is 2. The fourth-order valence-electron chi connectivity index (χ4n) is 8.63. The molecule has 8 rings (SSSR count). The van der Waals surface area contributed by atoms with Crippen LogP contribution in [0.5, 0.6) is 0 Å². The zero-order valence-corrected chi connectivity index (χ0v) is 32.3. The SMILES string of the molecule is Cc1c(N2C(=O)CC3C(OC(=O)c4ccccc4)CCC32)ccc(C#N)c1Cl.Cc1c(N2CC3C(OC(=O)c4ccccc4)CCC3C2=O)ccc(C#N)c1Cl. The van der Waals surface area contributed by atoms with Gasteiger partial charge in [0.2, 0.25) is 11.8 Å². The van der Waals surface area contributed by atoms with E-state index in [0.717, 1.165) is 29.8 Å². The Balaban J connectivity index is 0.000000172. The summed E-state index contributed by atoms with van der Waals surface area (Å²) in [5.41, 5.74) is 4.71. The second-order valence-electron chi connectivity index (χ2n) is 14.6. The van der Waals surface area contributed by atoms with E-state index in [2.05, 4.69) is 12.1 Å². The third-order valence-electron chi connectivity index (χ3n) is 11.5. The maximum absolute atomic E-state index is 13.0. The van der Waals surface area contributed by atoms with Crippen LogP contribution in [0.3, 0.4) is 0 Å².